The van der Waals surface area contributed by atoms with E-state index in [0.29, 0.717) is 36.2 Å². The van der Waals surface area contributed by atoms with Gasteiger partial charge in [-0.15, -0.1) is 0 Å². The van der Waals surface area contributed by atoms with Crippen molar-refractivity contribution < 1.29 is 17.9 Å². The zero-order valence-corrected chi connectivity index (χ0v) is 18.7. The first-order valence-corrected chi connectivity index (χ1v) is 11.8. The molecule has 0 amide bonds. The molecule has 1 aliphatic heterocycles. The summed E-state index contributed by atoms with van der Waals surface area (Å²) in [6.45, 7) is 1.68. The van der Waals surface area contributed by atoms with Crippen LogP contribution in [0.4, 0.5) is 0 Å². The van der Waals surface area contributed by atoms with Crippen LogP contribution in [0.25, 0.3) is 10.8 Å². The molecule has 0 unspecified atom stereocenters. The number of nitrogens with zero attached hydrogens (tertiary/aromatic N) is 5. The van der Waals surface area contributed by atoms with Crippen LogP contribution < -0.4 is 10.3 Å². The second-order valence-corrected chi connectivity index (χ2v) is 9.51. The second-order valence-electron chi connectivity index (χ2n) is 7.62. The predicted octanol–water partition coefficient (Wildman–Crippen LogP) is 1.45. The minimum atomic E-state index is -3.84. The largest absolute Gasteiger partial charge is 0.491 e. The van der Waals surface area contributed by atoms with E-state index < -0.39 is 9.84 Å². The first-order chi connectivity index (χ1) is 16.0. The standard InChI is InChI=1S/C22H21N5O5S/c1-31-11-9-26-8-6-21(25-26)33(29,30)17-3-4-18-15(12-17)13-23-27(22(18)28)14-16-2-5-20-19(24-16)7-10-32-20/h2-6,8,12-13H,7,9-11,14H2,1H3. The van der Waals surface area contributed by atoms with Gasteiger partial charge in [0.1, 0.15) is 5.75 Å². The van der Waals surface area contributed by atoms with E-state index in [-0.39, 0.29) is 22.0 Å². The SMILES string of the molecule is COCCn1ccc(S(=O)(=O)c2ccc3c(=O)n(Cc4ccc5c(n4)CCO5)ncc3c2)n1. The molecule has 3 aromatic heterocycles. The average Bonchev–Trinajstić information content (AvgIpc) is 3.49. The zero-order valence-electron chi connectivity index (χ0n) is 17.8. The van der Waals surface area contributed by atoms with Crippen molar-refractivity contribution in [3.8, 4) is 5.75 Å². The molecular formula is C22H21N5O5S. The third kappa shape index (κ3) is 4.00. The molecule has 0 fully saturated rings. The van der Waals surface area contributed by atoms with Gasteiger partial charge in [-0.05, 0) is 36.4 Å². The maximum Gasteiger partial charge on any atom is 0.274 e. The molecule has 0 N–H and O–H groups in total. The average molecular weight is 468 g/mol. The van der Waals surface area contributed by atoms with Crippen LogP contribution in [0.5, 0.6) is 5.75 Å². The molecule has 4 heterocycles. The van der Waals surface area contributed by atoms with Crippen molar-refractivity contribution in [1.29, 1.82) is 0 Å². The molecule has 170 valence electrons. The highest BCUT2D eigenvalue weighted by atomic mass is 32.2. The highest BCUT2D eigenvalue weighted by molar-refractivity contribution is 7.91. The van der Waals surface area contributed by atoms with Crippen LogP contribution in [-0.4, -0.2) is 53.3 Å². The molecule has 0 aliphatic carbocycles. The fourth-order valence-electron chi connectivity index (χ4n) is 3.71. The molecule has 0 bridgehead atoms. The molecule has 33 heavy (non-hydrogen) atoms. The van der Waals surface area contributed by atoms with E-state index in [9.17, 15) is 13.2 Å². The number of aromatic nitrogens is 5. The van der Waals surface area contributed by atoms with Crippen molar-refractivity contribution in [3.05, 3.63) is 70.5 Å². The van der Waals surface area contributed by atoms with Gasteiger partial charge in [0.25, 0.3) is 5.56 Å². The van der Waals surface area contributed by atoms with E-state index in [2.05, 4.69) is 15.2 Å². The Hall–Kier alpha value is -3.57. The quantitative estimate of drug-likeness (QED) is 0.401. The van der Waals surface area contributed by atoms with Gasteiger partial charge < -0.3 is 9.47 Å². The van der Waals surface area contributed by atoms with Gasteiger partial charge in [0.15, 0.2) is 5.03 Å². The Kier molecular flexibility index (Phi) is 5.43. The Bertz CT molecular complexity index is 1510. The maximum atomic E-state index is 13.0. The van der Waals surface area contributed by atoms with E-state index in [1.54, 1.807) is 13.3 Å². The monoisotopic (exact) mass is 467 g/mol. The van der Waals surface area contributed by atoms with Crippen molar-refractivity contribution in [2.75, 3.05) is 20.3 Å². The summed E-state index contributed by atoms with van der Waals surface area (Å²) in [5, 5.41) is 9.11. The van der Waals surface area contributed by atoms with Crippen molar-refractivity contribution in [2.24, 2.45) is 0 Å². The fourth-order valence-corrected chi connectivity index (χ4v) is 4.93. The predicted molar refractivity (Wildman–Crippen MR) is 118 cm³/mol. The molecule has 10 nitrogen and oxygen atoms in total. The van der Waals surface area contributed by atoms with E-state index in [1.807, 2.05) is 12.1 Å². The molecule has 5 rings (SSSR count). The van der Waals surface area contributed by atoms with Gasteiger partial charge >= 0.3 is 0 Å². The lowest BCUT2D eigenvalue weighted by molar-refractivity contribution is 0.183. The summed E-state index contributed by atoms with van der Waals surface area (Å²) in [4.78, 5) is 17.6. The molecule has 1 aliphatic rings. The fraction of sp³-hybridized carbons (Fsp3) is 0.273. The van der Waals surface area contributed by atoms with E-state index in [4.69, 9.17) is 9.47 Å². The van der Waals surface area contributed by atoms with Crippen LogP contribution in [0.1, 0.15) is 11.4 Å². The van der Waals surface area contributed by atoms with Gasteiger partial charge in [-0.3, -0.25) is 14.5 Å². The third-order valence-corrected chi connectivity index (χ3v) is 7.09. The molecule has 0 spiro atoms. The number of hydrogen-bond donors (Lipinski definition) is 0. The van der Waals surface area contributed by atoms with Crippen molar-refractivity contribution >= 4 is 20.6 Å². The van der Waals surface area contributed by atoms with Crippen LogP contribution in [0, 0.1) is 0 Å². The molecule has 0 saturated carbocycles. The van der Waals surface area contributed by atoms with Gasteiger partial charge in [0, 0.05) is 25.1 Å². The van der Waals surface area contributed by atoms with Crippen LogP contribution in [-0.2, 0) is 34.1 Å². The van der Waals surface area contributed by atoms with Gasteiger partial charge in [-0.1, -0.05) is 0 Å². The van der Waals surface area contributed by atoms with E-state index >= 15 is 0 Å². The Morgan fingerprint density at radius 1 is 1.18 bits per heavy atom. The summed E-state index contributed by atoms with van der Waals surface area (Å²) in [6, 6.07) is 9.48. The first-order valence-electron chi connectivity index (χ1n) is 10.3. The van der Waals surface area contributed by atoms with Crippen molar-refractivity contribution in [2.45, 2.75) is 29.4 Å². The Balaban J connectivity index is 1.44. The highest BCUT2D eigenvalue weighted by Crippen LogP contribution is 2.24. The molecular weight excluding hydrogens is 446 g/mol. The number of hydrogen-bond acceptors (Lipinski definition) is 8. The van der Waals surface area contributed by atoms with E-state index in [1.165, 1.54) is 39.8 Å². The number of sulfone groups is 1. The van der Waals surface area contributed by atoms with E-state index in [0.717, 1.165) is 17.9 Å². The van der Waals surface area contributed by atoms with Gasteiger partial charge in [0.05, 0.1) is 54.2 Å². The van der Waals surface area contributed by atoms with Gasteiger partial charge in [0.2, 0.25) is 9.84 Å². The lowest BCUT2D eigenvalue weighted by Gasteiger charge is -2.08. The summed E-state index contributed by atoms with van der Waals surface area (Å²) < 4.78 is 39.3. The van der Waals surface area contributed by atoms with Gasteiger partial charge in [-0.2, -0.15) is 10.2 Å². The summed E-state index contributed by atoms with van der Waals surface area (Å²) in [5.41, 5.74) is 1.26. The number of rotatable bonds is 7. The molecule has 0 saturated heterocycles. The Morgan fingerprint density at radius 2 is 2.06 bits per heavy atom. The summed E-state index contributed by atoms with van der Waals surface area (Å²) in [5.74, 6) is 0.773. The first kappa shape index (κ1) is 21.3. The van der Waals surface area contributed by atoms with Crippen LogP contribution in [0.15, 0.2) is 63.5 Å². The maximum absolute atomic E-state index is 13.0. The lowest BCUT2D eigenvalue weighted by atomic mass is 10.2. The Morgan fingerprint density at radius 3 is 2.91 bits per heavy atom. The number of benzene rings is 1. The molecule has 1 aromatic carbocycles. The summed E-state index contributed by atoms with van der Waals surface area (Å²) in [7, 11) is -2.28. The lowest BCUT2D eigenvalue weighted by Crippen LogP contribution is -2.24. The number of methoxy groups -OCH3 is 1. The van der Waals surface area contributed by atoms with Crippen LogP contribution in [0.2, 0.25) is 0 Å². The smallest absolute Gasteiger partial charge is 0.274 e. The second kappa shape index (κ2) is 8.41. The van der Waals surface area contributed by atoms with Crippen molar-refractivity contribution in [3.63, 3.8) is 0 Å². The Labute approximate surface area is 189 Å². The minimum Gasteiger partial charge on any atom is -0.491 e. The highest BCUT2D eigenvalue weighted by Gasteiger charge is 2.22. The molecule has 0 atom stereocenters. The topological polar surface area (TPSA) is 118 Å². The molecule has 4 aromatic rings. The molecule has 11 heteroatoms. The summed E-state index contributed by atoms with van der Waals surface area (Å²) in [6.07, 6.45) is 3.82. The van der Waals surface area contributed by atoms with Crippen LogP contribution in [0.3, 0.4) is 0 Å². The van der Waals surface area contributed by atoms with Crippen molar-refractivity contribution in [1.82, 2.24) is 24.5 Å². The normalized spacial score (nSPS) is 13.2. The summed E-state index contributed by atoms with van der Waals surface area (Å²) >= 11 is 0. The zero-order chi connectivity index (χ0) is 23.0. The number of ether oxygens (including phenoxy) is 2. The van der Waals surface area contributed by atoms with Crippen LogP contribution >= 0.6 is 0 Å². The number of pyridine rings is 1. The third-order valence-electron chi connectivity index (χ3n) is 5.45. The van der Waals surface area contributed by atoms with Gasteiger partial charge in [-0.25, -0.2) is 13.1 Å². The minimum absolute atomic E-state index is 0.0474. The molecule has 0 radical (unpaired) electrons. The number of fused-ring (bicyclic) bond motifs is 2.